The van der Waals surface area contributed by atoms with Gasteiger partial charge < -0.3 is 9.30 Å². The van der Waals surface area contributed by atoms with E-state index in [1.807, 2.05) is 31.2 Å². The zero-order chi connectivity index (χ0) is 19.9. The van der Waals surface area contributed by atoms with Gasteiger partial charge in [-0.3, -0.25) is 0 Å². The second-order valence-corrected chi connectivity index (χ2v) is 7.48. The van der Waals surface area contributed by atoms with E-state index in [0.29, 0.717) is 13.0 Å². The normalized spacial score (nSPS) is 12.1. The lowest BCUT2D eigenvalue weighted by Crippen LogP contribution is -2.05. The minimum Gasteiger partial charge on any atom is -0.435 e. The molecule has 1 aromatic heterocycles. The van der Waals surface area contributed by atoms with Gasteiger partial charge in [-0.2, -0.15) is 8.78 Å². The van der Waals surface area contributed by atoms with Crippen molar-refractivity contribution in [2.24, 2.45) is 0 Å². The fourth-order valence-corrected chi connectivity index (χ4v) is 3.78. The minimum absolute atomic E-state index is 0.0675. The maximum absolute atomic E-state index is 12.3. The first-order valence-corrected chi connectivity index (χ1v) is 9.73. The van der Waals surface area contributed by atoms with E-state index in [-0.39, 0.29) is 11.0 Å². The third-order valence-corrected chi connectivity index (χ3v) is 5.31. The molecule has 3 rings (SSSR count). The molecule has 0 aliphatic carbocycles. The summed E-state index contributed by atoms with van der Waals surface area (Å²) in [4.78, 5) is 0. The maximum atomic E-state index is 12.3. The third kappa shape index (κ3) is 5.19. The smallest absolute Gasteiger partial charge is 0.387 e. The molecule has 7 heteroatoms. The minimum atomic E-state index is -2.82. The second kappa shape index (κ2) is 9.50. The number of allylic oxidation sites excluding steroid dienone is 1. The molecule has 0 bridgehead atoms. The Bertz CT molecular complexity index is 898. The van der Waals surface area contributed by atoms with Gasteiger partial charge in [0.2, 0.25) is 0 Å². The highest BCUT2D eigenvalue weighted by Gasteiger charge is 2.16. The van der Waals surface area contributed by atoms with Gasteiger partial charge in [0.05, 0.1) is 0 Å². The molecule has 4 nitrogen and oxygen atoms in total. The van der Waals surface area contributed by atoms with E-state index in [4.69, 9.17) is 0 Å². The van der Waals surface area contributed by atoms with Crippen LogP contribution in [0, 0.1) is 0 Å². The fraction of sp³-hybridized carbons (Fsp3) is 0.238. The quantitative estimate of drug-likeness (QED) is 0.350. The molecule has 0 N–H and O–H groups in total. The molecule has 0 fully saturated rings. The van der Waals surface area contributed by atoms with Crippen LogP contribution >= 0.6 is 11.8 Å². The summed E-state index contributed by atoms with van der Waals surface area (Å²) in [5, 5.41) is 9.59. The first-order chi connectivity index (χ1) is 13.6. The predicted octanol–water partition coefficient (Wildman–Crippen LogP) is 5.51. The zero-order valence-corrected chi connectivity index (χ0v) is 16.3. The number of thioether (sulfide) groups is 1. The van der Waals surface area contributed by atoms with Gasteiger partial charge in [-0.1, -0.05) is 60.3 Å². The summed E-state index contributed by atoms with van der Waals surface area (Å²) in [6.45, 7) is 3.67. The van der Waals surface area contributed by atoms with E-state index in [2.05, 4.69) is 38.2 Å². The van der Waals surface area contributed by atoms with Crippen molar-refractivity contribution < 1.29 is 13.5 Å². The van der Waals surface area contributed by atoms with Gasteiger partial charge in [-0.05, 0) is 30.2 Å². The lowest BCUT2D eigenvalue weighted by molar-refractivity contribution is -0.0498. The number of benzene rings is 2. The molecule has 0 aliphatic rings. The van der Waals surface area contributed by atoms with Crippen LogP contribution in [0.2, 0.25) is 0 Å². The molecule has 146 valence electrons. The largest absolute Gasteiger partial charge is 0.435 e. The van der Waals surface area contributed by atoms with E-state index < -0.39 is 6.61 Å². The second-order valence-electron chi connectivity index (χ2n) is 6.17. The molecule has 3 aromatic rings. The Hall–Kier alpha value is -2.67. The Morgan fingerprint density at radius 1 is 1.11 bits per heavy atom. The van der Waals surface area contributed by atoms with Crippen LogP contribution in [0.4, 0.5) is 8.78 Å². The highest BCUT2D eigenvalue weighted by Crippen LogP contribution is 2.35. The van der Waals surface area contributed by atoms with Crippen LogP contribution in [0.3, 0.4) is 0 Å². The van der Waals surface area contributed by atoms with Crippen molar-refractivity contribution in [3.8, 4) is 5.75 Å². The number of hydrogen-bond donors (Lipinski definition) is 0. The summed E-state index contributed by atoms with van der Waals surface area (Å²) in [6.07, 6.45) is 2.51. The van der Waals surface area contributed by atoms with Gasteiger partial charge in [0.1, 0.15) is 11.6 Å². The monoisotopic (exact) mass is 401 g/mol. The van der Waals surface area contributed by atoms with E-state index >= 15 is 0 Å². The summed E-state index contributed by atoms with van der Waals surface area (Å²) < 4.78 is 31.0. The SMILES string of the molecule is C=CCn1c(Cc2ccccc2)nnc1SC(C)c1ccc(OC(F)F)cc1. The van der Waals surface area contributed by atoms with Crippen LogP contribution < -0.4 is 4.74 Å². The van der Waals surface area contributed by atoms with Crippen LogP contribution in [0.5, 0.6) is 5.75 Å². The Balaban J connectivity index is 1.74. The van der Waals surface area contributed by atoms with Gasteiger partial charge in [0, 0.05) is 18.2 Å². The zero-order valence-electron chi connectivity index (χ0n) is 15.5. The van der Waals surface area contributed by atoms with Crippen LogP contribution in [-0.2, 0) is 13.0 Å². The molecule has 1 heterocycles. The molecular weight excluding hydrogens is 380 g/mol. The maximum Gasteiger partial charge on any atom is 0.387 e. The summed E-state index contributed by atoms with van der Waals surface area (Å²) in [5.41, 5.74) is 2.16. The molecule has 0 saturated heterocycles. The molecule has 0 radical (unpaired) electrons. The van der Waals surface area contributed by atoms with Gasteiger partial charge in [0.15, 0.2) is 5.16 Å². The van der Waals surface area contributed by atoms with E-state index in [0.717, 1.165) is 16.5 Å². The summed E-state index contributed by atoms with van der Waals surface area (Å²) >= 11 is 1.57. The summed E-state index contributed by atoms with van der Waals surface area (Å²) in [5.74, 6) is 1.03. The van der Waals surface area contributed by atoms with Crippen LogP contribution in [0.25, 0.3) is 0 Å². The first-order valence-electron chi connectivity index (χ1n) is 8.85. The molecule has 2 aromatic carbocycles. The van der Waals surface area contributed by atoms with Crippen molar-refractivity contribution >= 4 is 11.8 Å². The molecule has 1 unspecified atom stereocenters. The van der Waals surface area contributed by atoms with Gasteiger partial charge >= 0.3 is 6.61 Å². The molecular formula is C21H21F2N3OS. The number of aromatic nitrogens is 3. The molecule has 28 heavy (non-hydrogen) atoms. The molecule has 0 spiro atoms. The summed E-state index contributed by atoms with van der Waals surface area (Å²) in [7, 11) is 0. The first kappa shape index (κ1) is 20.1. The molecule has 0 amide bonds. The lowest BCUT2D eigenvalue weighted by Gasteiger charge is -2.13. The Morgan fingerprint density at radius 3 is 2.46 bits per heavy atom. The Kier molecular flexibility index (Phi) is 6.81. The lowest BCUT2D eigenvalue weighted by atomic mass is 10.1. The fourth-order valence-electron chi connectivity index (χ4n) is 2.77. The van der Waals surface area contributed by atoms with Crippen molar-refractivity contribution in [3.05, 3.63) is 84.2 Å². The number of halogens is 2. The number of rotatable bonds is 9. The van der Waals surface area contributed by atoms with Crippen LogP contribution in [0.15, 0.2) is 72.4 Å². The average Bonchev–Trinajstić information content (AvgIpc) is 3.04. The predicted molar refractivity (Wildman–Crippen MR) is 107 cm³/mol. The van der Waals surface area contributed by atoms with E-state index in [1.54, 1.807) is 36.0 Å². The van der Waals surface area contributed by atoms with Gasteiger partial charge in [-0.15, -0.1) is 16.8 Å². The van der Waals surface area contributed by atoms with Crippen molar-refractivity contribution in [3.63, 3.8) is 0 Å². The van der Waals surface area contributed by atoms with E-state index in [9.17, 15) is 8.78 Å². The topological polar surface area (TPSA) is 39.9 Å². The number of ether oxygens (including phenoxy) is 1. The van der Waals surface area contributed by atoms with Gasteiger partial charge in [0.25, 0.3) is 0 Å². The van der Waals surface area contributed by atoms with Crippen molar-refractivity contribution in [1.29, 1.82) is 0 Å². The molecule has 1 atom stereocenters. The molecule has 0 aliphatic heterocycles. The van der Waals surface area contributed by atoms with Gasteiger partial charge in [-0.25, -0.2) is 0 Å². The highest BCUT2D eigenvalue weighted by molar-refractivity contribution is 7.99. The van der Waals surface area contributed by atoms with E-state index in [1.165, 1.54) is 5.56 Å². The third-order valence-electron chi connectivity index (χ3n) is 4.17. The van der Waals surface area contributed by atoms with Crippen molar-refractivity contribution in [2.75, 3.05) is 0 Å². The van der Waals surface area contributed by atoms with Crippen molar-refractivity contribution in [2.45, 2.75) is 36.9 Å². The number of hydrogen-bond acceptors (Lipinski definition) is 4. The summed E-state index contributed by atoms with van der Waals surface area (Å²) in [6, 6.07) is 16.8. The van der Waals surface area contributed by atoms with Crippen LogP contribution in [0.1, 0.15) is 29.1 Å². The van der Waals surface area contributed by atoms with Crippen LogP contribution in [-0.4, -0.2) is 21.4 Å². The number of alkyl halides is 2. The average molecular weight is 401 g/mol. The van der Waals surface area contributed by atoms with Crippen molar-refractivity contribution in [1.82, 2.24) is 14.8 Å². The Labute approximate surface area is 167 Å². The molecule has 0 saturated carbocycles. The number of nitrogens with zero attached hydrogens (tertiary/aromatic N) is 3. The standard InChI is InChI=1S/C21H21F2N3OS/c1-3-13-26-19(14-16-7-5-4-6-8-16)24-25-21(26)28-15(2)17-9-11-18(12-10-17)27-20(22)23/h3-12,15,20H,1,13-14H2,2H3. The highest BCUT2D eigenvalue weighted by atomic mass is 32.2. The Morgan fingerprint density at radius 2 is 1.82 bits per heavy atom.